The molecule has 4 heteroatoms. The Morgan fingerprint density at radius 2 is 2.26 bits per heavy atom. The highest BCUT2D eigenvalue weighted by Crippen LogP contribution is 2.27. The molecule has 19 heavy (non-hydrogen) atoms. The summed E-state index contributed by atoms with van der Waals surface area (Å²) in [6, 6.07) is 10.7. The van der Waals surface area contributed by atoms with Gasteiger partial charge < -0.3 is 10.2 Å². The summed E-state index contributed by atoms with van der Waals surface area (Å²) in [5, 5.41) is 7.70. The predicted octanol–water partition coefficient (Wildman–Crippen LogP) is 2.89. The molecule has 0 saturated carbocycles. The molecule has 0 amide bonds. The number of nitrogens with zero attached hydrogens (tertiary/aromatic N) is 2. The molecular formula is C15H17N3S. The summed E-state index contributed by atoms with van der Waals surface area (Å²) < 4.78 is 0. The Kier molecular flexibility index (Phi) is 3.51. The first-order chi connectivity index (χ1) is 9.38. The fourth-order valence-corrected chi connectivity index (χ4v) is 3.10. The third-order valence-electron chi connectivity index (χ3n) is 3.39. The summed E-state index contributed by atoms with van der Waals surface area (Å²) in [7, 11) is 1.84. The van der Waals surface area contributed by atoms with Gasteiger partial charge in [-0.2, -0.15) is 11.3 Å². The third kappa shape index (κ3) is 2.49. The monoisotopic (exact) mass is 271 g/mol. The van der Waals surface area contributed by atoms with Crippen LogP contribution in [0.4, 0.5) is 5.69 Å². The second-order valence-corrected chi connectivity index (χ2v) is 5.34. The zero-order chi connectivity index (χ0) is 13.1. The Hall–Kier alpha value is -1.81. The number of nitrogens with one attached hydrogen (secondary N) is 1. The lowest BCUT2D eigenvalue weighted by Gasteiger charge is -2.22. The number of para-hydroxylation sites is 1. The normalized spacial score (nSPS) is 14.6. The fraction of sp³-hybridized carbons (Fsp3) is 0.267. The molecule has 1 aromatic carbocycles. The van der Waals surface area contributed by atoms with E-state index in [9.17, 15) is 0 Å². The largest absolute Gasteiger partial charge is 0.352 e. The quantitative estimate of drug-likeness (QED) is 0.672. The van der Waals surface area contributed by atoms with E-state index >= 15 is 0 Å². The molecule has 0 unspecified atom stereocenters. The van der Waals surface area contributed by atoms with Gasteiger partial charge >= 0.3 is 0 Å². The van der Waals surface area contributed by atoms with Gasteiger partial charge in [-0.05, 0) is 40.4 Å². The van der Waals surface area contributed by atoms with Gasteiger partial charge in [-0.3, -0.25) is 4.99 Å². The highest BCUT2D eigenvalue weighted by Gasteiger charge is 2.22. The standard InChI is InChI=1S/C15H17N3S/c1-16-15(17-10-12-7-9-19-11-12)18-8-6-13-4-2-3-5-14(13)18/h2-5,7,9,11H,6,8,10H2,1H3,(H,16,17). The number of aliphatic imine (C=N–C) groups is 1. The predicted molar refractivity (Wildman–Crippen MR) is 82.0 cm³/mol. The molecule has 1 aliphatic rings. The average Bonchev–Trinajstić information content (AvgIpc) is 3.09. The van der Waals surface area contributed by atoms with Crippen LogP contribution < -0.4 is 10.2 Å². The molecular weight excluding hydrogens is 254 g/mol. The number of rotatable bonds is 2. The number of guanidine groups is 1. The van der Waals surface area contributed by atoms with Crippen LogP contribution in [0, 0.1) is 0 Å². The second kappa shape index (κ2) is 5.45. The van der Waals surface area contributed by atoms with E-state index in [0.717, 1.165) is 25.5 Å². The minimum Gasteiger partial charge on any atom is -0.352 e. The number of fused-ring (bicyclic) bond motifs is 1. The van der Waals surface area contributed by atoms with Gasteiger partial charge in [-0.1, -0.05) is 18.2 Å². The average molecular weight is 271 g/mol. The van der Waals surface area contributed by atoms with E-state index < -0.39 is 0 Å². The lowest BCUT2D eigenvalue weighted by atomic mass is 10.2. The maximum atomic E-state index is 4.40. The summed E-state index contributed by atoms with van der Waals surface area (Å²) >= 11 is 1.73. The molecule has 0 fully saturated rings. The molecule has 0 bridgehead atoms. The van der Waals surface area contributed by atoms with Crippen LogP contribution in [-0.2, 0) is 13.0 Å². The molecule has 2 aromatic rings. The van der Waals surface area contributed by atoms with Crippen LogP contribution in [0.1, 0.15) is 11.1 Å². The van der Waals surface area contributed by atoms with Gasteiger partial charge in [-0.15, -0.1) is 0 Å². The Bertz CT molecular complexity index is 575. The van der Waals surface area contributed by atoms with Crippen molar-refractivity contribution in [2.75, 3.05) is 18.5 Å². The Morgan fingerprint density at radius 3 is 3.05 bits per heavy atom. The molecule has 1 aromatic heterocycles. The first kappa shape index (κ1) is 12.2. The van der Waals surface area contributed by atoms with E-state index in [1.54, 1.807) is 11.3 Å². The van der Waals surface area contributed by atoms with Gasteiger partial charge in [0.1, 0.15) is 0 Å². The van der Waals surface area contributed by atoms with Crippen LogP contribution in [0.25, 0.3) is 0 Å². The molecule has 1 N–H and O–H groups in total. The number of hydrogen-bond donors (Lipinski definition) is 1. The van der Waals surface area contributed by atoms with Crippen molar-refractivity contribution in [3.8, 4) is 0 Å². The summed E-state index contributed by atoms with van der Waals surface area (Å²) in [4.78, 5) is 6.67. The van der Waals surface area contributed by atoms with Gasteiger partial charge in [0, 0.05) is 25.8 Å². The van der Waals surface area contributed by atoms with Crippen LogP contribution in [0.3, 0.4) is 0 Å². The summed E-state index contributed by atoms with van der Waals surface area (Å²) in [6.45, 7) is 1.83. The first-order valence-electron chi connectivity index (χ1n) is 6.45. The molecule has 98 valence electrons. The highest BCUT2D eigenvalue weighted by atomic mass is 32.1. The van der Waals surface area contributed by atoms with Gasteiger partial charge in [0.2, 0.25) is 0 Å². The van der Waals surface area contributed by atoms with E-state index in [1.807, 2.05) is 7.05 Å². The van der Waals surface area contributed by atoms with E-state index in [2.05, 4.69) is 56.3 Å². The van der Waals surface area contributed by atoms with Crippen molar-refractivity contribution in [1.82, 2.24) is 5.32 Å². The Balaban J connectivity index is 1.74. The van der Waals surface area contributed by atoms with Crippen molar-refractivity contribution < 1.29 is 0 Å². The molecule has 0 aliphatic carbocycles. The topological polar surface area (TPSA) is 27.6 Å². The van der Waals surface area contributed by atoms with Crippen LogP contribution >= 0.6 is 11.3 Å². The van der Waals surface area contributed by atoms with Crippen LogP contribution in [0.5, 0.6) is 0 Å². The number of benzene rings is 1. The highest BCUT2D eigenvalue weighted by molar-refractivity contribution is 7.07. The van der Waals surface area contributed by atoms with E-state index in [-0.39, 0.29) is 0 Å². The second-order valence-electron chi connectivity index (χ2n) is 4.56. The zero-order valence-corrected chi connectivity index (χ0v) is 11.8. The molecule has 3 nitrogen and oxygen atoms in total. The molecule has 3 rings (SSSR count). The molecule has 0 spiro atoms. The number of thiophene rings is 1. The molecule has 0 saturated heterocycles. The van der Waals surface area contributed by atoms with Crippen molar-refractivity contribution in [2.45, 2.75) is 13.0 Å². The summed E-state index contributed by atoms with van der Waals surface area (Å²) in [5.74, 6) is 0.955. The lowest BCUT2D eigenvalue weighted by Crippen LogP contribution is -2.40. The van der Waals surface area contributed by atoms with Crippen LogP contribution in [-0.4, -0.2) is 19.6 Å². The van der Waals surface area contributed by atoms with E-state index in [1.165, 1.54) is 16.8 Å². The van der Waals surface area contributed by atoms with Crippen molar-refractivity contribution in [1.29, 1.82) is 0 Å². The van der Waals surface area contributed by atoms with E-state index in [4.69, 9.17) is 0 Å². The van der Waals surface area contributed by atoms with E-state index in [0.29, 0.717) is 0 Å². The Labute approximate surface area is 117 Å². The first-order valence-corrected chi connectivity index (χ1v) is 7.40. The van der Waals surface area contributed by atoms with Gasteiger partial charge in [-0.25, -0.2) is 0 Å². The van der Waals surface area contributed by atoms with Crippen molar-refractivity contribution in [3.63, 3.8) is 0 Å². The molecule has 1 aliphatic heterocycles. The molecule has 2 heterocycles. The number of hydrogen-bond acceptors (Lipinski definition) is 2. The fourth-order valence-electron chi connectivity index (χ4n) is 2.43. The van der Waals surface area contributed by atoms with Crippen molar-refractivity contribution in [2.24, 2.45) is 4.99 Å². The zero-order valence-electron chi connectivity index (χ0n) is 11.0. The lowest BCUT2D eigenvalue weighted by molar-refractivity contribution is 0.870. The summed E-state index contributed by atoms with van der Waals surface area (Å²) in [5.41, 5.74) is 3.99. The third-order valence-corrected chi connectivity index (χ3v) is 4.12. The smallest absolute Gasteiger partial charge is 0.198 e. The van der Waals surface area contributed by atoms with Gasteiger partial charge in [0.15, 0.2) is 5.96 Å². The van der Waals surface area contributed by atoms with Crippen molar-refractivity contribution in [3.05, 3.63) is 52.2 Å². The SMILES string of the molecule is CN=C(NCc1ccsc1)N1CCc2ccccc21. The minimum absolute atomic E-state index is 0.828. The molecule has 0 atom stereocenters. The summed E-state index contributed by atoms with van der Waals surface area (Å²) in [6.07, 6.45) is 1.09. The van der Waals surface area contributed by atoms with Crippen LogP contribution in [0.15, 0.2) is 46.1 Å². The minimum atomic E-state index is 0.828. The van der Waals surface area contributed by atoms with Gasteiger partial charge in [0.25, 0.3) is 0 Å². The maximum absolute atomic E-state index is 4.40. The Morgan fingerprint density at radius 1 is 1.37 bits per heavy atom. The van der Waals surface area contributed by atoms with Crippen LogP contribution in [0.2, 0.25) is 0 Å². The number of anilines is 1. The van der Waals surface area contributed by atoms with Gasteiger partial charge in [0.05, 0.1) is 0 Å². The van der Waals surface area contributed by atoms with Crippen molar-refractivity contribution >= 4 is 23.0 Å². The maximum Gasteiger partial charge on any atom is 0.198 e. The molecule has 0 radical (unpaired) electrons.